The Morgan fingerprint density at radius 2 is 1.76 bits per heavy atom. The number of hydrogen-bond acceptors (Lipinski definition) is 5. The largest absolute Gasteiger partial charge is 0.495 e. The van der Waals surface area contributed by atoms with E-state index >= 15 is 0 Å². The molecule has 2 rings (SSSR count). The minimum Gasteiger partial charge on any atom is -0.495 e. The average molecular weight is 552 g/mol. The minimum atomic E-state index is -3.63. The highest BCUT2D eigenvalue weighted by atomic mass is 35.5. The van der Waals surface area contributed by atoms with E-state index in [-0.39, 0.29) is 48.8 Å². The first-order valence-electron chi connectivity index (χ1n) is 12.3. The molecule has 0 spiro atoms. The van der Waals surface area contributed by atoms with Gasteiger partial charge in [-0.15, -0.1) is 0 Å². The molecule has 10 heteroatoms. The molecule has 0 bridgehead atoms. The summed E-state index contributed by atoms with van der Waals surface area (Å²) in [6, 6.07) is 11.9. The van der Waals surface area contributed by atoms with Crippen LogP contribution in [0.2, 0.25) is 5.02 Å². The third kappa shape index (κ3) is 8.93. The molecule has 1 N–H and O–H groups in total. The van der Waals surface area contributed by atoms with Gasteiger partial charge in [-0.1, -0.05) is 48.4 Å². The Balaban J connectivity index is 2.23. The van der Waals surface area contributed by atoms with Crippen molar-refractivity contribution >= 4 is 39.1 Å². The number of carbonyl (C=O) groups is 2. The van der Waals surface area contributed by atoms with Gasteiger partial charge in [0.05, 0.1) is 24.1 Å². The molecule has 0 unspecified atom stereocenters. The van der Waals surface area contributed by atoms with Gasteiger partial charge in [0.15, 0.2) is 0 Å². The number of rotatable bonds is 13. The molecule has 8 nitrogen and oxygen atoms in total. The van der Waals surface area contributed by atoms with Crippen LogP contribution in [0.15, 0.2) is 42.5 Å². The summed E-state index contributed by atoms with van der Waals surface area (Å²) >= 11 is 6.21. The first-order chi connectivity index (χ1) is 17.4. The SMILES string of the molecule is CC[C@H](C(=O)NC(C)C)N(Cc1ccc(C)cc1)C(=O)CCCN(c1ccc(OC)c(Cl)c1)S(C)(=O)=O. The number of aryl methyl sites for hydroxylation is 1. The van der Waals surface area contributed by atoms with E-state index in [1.807, 2.05) is 52.0 Å². The van der Waals surface area contributed by atoms with Crippen molar-refractivity contribution in [2.45, 2.75) is 65.6 Å². The van der Waals surface area contributed by atoms with Gasteiger partial charge >= 0.3 is 0 Å². The lowest BCUT2D eigenvalue weighted by Gasteiger charge is -2.31. The van der Waals surface area contributed by atoms with E-state index < -0.39 is 16.1 Å². The first-order valence-corrected chi connectivity index (χ1v) is 14.6. The Hall–Kier alpha value is -2.78. The molecular formula is C27H38ClN3O5S. The number of ether oxygens (including phenoxy) is 1. The molecule has 0 aliphatic carbocycles. The number of nitrogens with one attached hydrogen (secondary N) is 1. The molecule has 0 fully saturated rings. The molecule has 0 saturated carbocycles. The number of hydrogen-bond donors (Lipinski definition) is 1. The van der Waals surface area contributed by atoms with Crippen LogP contribution in [-0.4, -0.2) is 57.1 Å². The van der Waals surface area contributed by atoms with E-state index in [0.29, 0.717) is 17.9 Å². The van der Waals surface area contributed by atoms with Crippen LogP contribution >= 0.6 is 11.6 Å². The van der Waals surface area contributed by atoms with Crippen LogP contribution in [0, 0.1) is 6.92 Å². The second-order valence-electron chi connectivity index (χ2n) is 9.35. The smallest absolute Gasteiger partial charge is 0.243 e. The zero-order valence-corrected chi connectivity index (χ0v) is 24.0. The molecule has 1 atom stereocenters. The van der Waals surface area contributed by atoms with Crippen molar-refractivity contribution in [1.29, 1.82) is 0 Å². The molecule has 204 valence electrons. The van der Waals surface area contributed by atoms with Gasteiger partial charge < -0.3 is 15.0 Å². The van der Waals surface area contributed by atoms with Gasteiger partial charge in [-0.2, -0.15) is 0 Å². The standard InChI is InChI=1S/C27H38ClN3O5S/c1-7-24(27(33)29-19(2)3)30(18-21-12-10-20(4)11-13-21)26(32)9-8-16-31(37(6,34)35)22-14-15-25(36-5)23(28)17-22/h10-15,17,19,24H,7-9,16,18H2,1-6H3,(H,29,33)/t24-/m1/s1. The summed E-state index contributed by atoms with van der Waals surface area (Å²) in [5.74, 6) is 0.0159. The second kappa shape index (κ2) is 13.7. The minimum absolute atomic E-state index is 0.0579. The van der Waals surface area contributed by atoms with Crippen molar-refractivity contribution in [2.75, 3.05) is 24.2 Å². The number of carbonyl (C=O) groups excluding carboxylic acids is 2. The number of benzene rings is 2. The van der Waals surface area contributed by atoms with Gasteiger partial charge in [0.2, 0.25) is 21.8 Å². The molecule has 0 radical (unpaired) electrons. The van der Waals surface area contributed by atoms with Crippen LogP contribution in [0.5, 0.6) is 5.75 Å². The van der Waals surface area contributed by atoms with Crippen molar-refractivity contribution in [3.8, 4) is 5.75 Å². The number of anilines is 1. The summed E-state index contributed by atoms with van der Waals surface area (Å²) in [6.45, 7) is 7.98. The quantitative estimate of drug-likeness (QED) is 0.394. The van der Waals surface area contributed by atoms with Gasteiger partial charge in [0, 0.05) is 25.6 Å². The molecule has 2 aromatic carbocycles. The lowest BCUT2D eigenvalue weighted by Crippen LogP contribution is -2.50. The fourth-order valence-corrected chi connectivity index (χ4v) is 5.21. The van der Waals surface area contributed by atoms with Crippen LogP contribution in [0.25, 0.3) is 0 Å². The van der Waals surface area contributed by atoms with Crippen molar-refractivity contribution in [3.63, 3.8) is 0 Å². The first kappa shape index (κ1) is 30.4. The van der Waals surface area contributed by atoms with E-state index in [2.05, 4.69) is 5.32 Å². The topological polar surface area (TPSA) is 96.0 Å². The maximum atomic E-state index is 13.5. The fraction of sp³-hybridized carbons (Fsp3) is 0.481. The highest BCUT2D eigenvalue weighted by Gasteiger charge is 2.29. The molecule has 37 heavy (non-hydrogen) atoms. The van der Waals surface area contributed by atoms with E-state index in [9.17, 15) is 18.0 Å². The van der Waals surface area contributed by atoms with Crippen LogP contribution < -0.4 is 14.4 Å². The summed E-state index contributed by atoms with van der Waals surface area (Å²) in [4.78, 5) is 28.0. The molecule has 0 heterocycles. The number of nitrogens with zero attached hydrogens (tertiary/aromatic N) is 2. The lowest BCUT2D eigenvalue weighted by molar-refractivity contribution is -0.141. The van der Waals surface area contributed by atoms with Crippen LogP contribution in [-0.2, 0) is 26.2 Å². The molecule has 0 saturated heterocycles. The third-order valence-electron chi connectivity index (χ3n) is 5.87. The highest BCUT2D eigenvalue weighted by molar-refractivity contribution is 7.92. The summed E-state index contributed by atoms with van der Waals surface area (Å²) in [5, 5.41) is 3.20. The van der Waals surface area contributed by atoms with Crippen molar-refractivity contribution < 1.29 is 22.7 Å². The van der Waals surface area contributed by atoms with E-state index in [1.165, 1.54) is 17.5 Å². The third-order valence-corrected chi connectivity index (χ3v) is 7.36. The molecule has 0 aliphatic heterocycles. The molecule has 2 aromatic rings. The summed E-state index contributed by atoms with van der Waals surface area (Å²) in [5.41, 5.74) is 2.41. The Labute approximate surface area is 226 Å². The predicted molar refractivity (Wildman–Crippen MR) is 149 cm³/mol. The van der Waals surface area contributed by atoms with Crippen LogP contribution in [0.1, 0.15) is 51.2 Å². The van der Waals surface area contributed by atoms with E-state index in [4.69, 9.17) is 16.3 Å². The zero-order valence-electron chi connectivity index (χ0n) is 22.5. The maximum absolute atomic E-state index is 13.5. The molecule has 0 aliphatic rings. The van der Waals surface area contributed by atoms with E-state index in [0.717, 1.165) is 17.4 Å². The van der Waals surface area contributed by atoms with Crippen molar-refractivity contribution in [1.82, 2.24) is 10.2 Å². The number of sulfonamides is 1. The van der Waals surface area contributed by atoms with Crippen LogP contribution in [0.3, 0.4) is 0 Å². The molecular weight excluding hydrogens is 514 g/mol. The van der Waals surface area contributed by atoms with Crippen LogP contribution in [0.4, 0.5) is 5.69 Å². The van der Waals surface area contributed by atoms with E-state index in [1.54, 1.807) is 17.0 Å². The average Bonchev–Trinajstić information content (AvgIpc) is 2.81. The van der Waals surface area contributed by atoms with Gasteiger partial charge in [-0.3, -0.25) is 13.9 Å². The Kier molecular flexibility index (Phi) is 11.3. The molecule has 0 aromatic heterocycles. The summed E-state index contributed by atoms with van der Waals surface area (Å²) < 4.78 is 31.4. The summed E-state index contributed by atoms with van der Waals surface area (Å²) in [6.07, 6.45) is 1.91. The van der Waals surface area contributed by atoms with Crippen molar-refractivity contribution in [3.05, 3.63) is 58.6 Å². The fourth-order valence-electron chi connectivity index (χ4n) is 4.00. The monoisotopic (exact) mass is 551 g/mol. The Morgan fingerprint density at radius 3 is 2.27 bits per heavy atom. The predicted octanol–water partition coefficient (Wildman–Crippen LogP) is 4.54. The van der Waals surface area contributed by atoms with Gasteiger partial charge in [0.25, 0.3) is 0 Å². The number of methoxy groups -OCH3 is 1. The molecule has 2 amide bonds. The number of halogens is 1. The second-order valence-corrected chi connectivity index (χ2v) is 11.7. The number of amides is 2. The lowest BCUT2D eigenvalue weighted by atomic mass is 10.1. The maximum Gasteiger partial charge on any atom is 0.243 e. The Morgan fingerprint density at radius 1 is 1.11 bits per heavy atom. The van der Waals surface area contributed by atoms with Gasteiger partial charge in [0.1, 0.15) is 11.8 Å². The van der Waals surface area contributed by atoms with Gasteiger partial charge in [-0.05, 0) is 57.4 Å². The summed E-state index contributed by atoms with van der Waals surface area (Å²) in [7, 11) is -2.15. The zero-order chi connectivity index (χ0) is 27.8. The normalized spacial score (nSPS) is 12.2. The van der Waals surface area contributed by atoms with Crippen molar-refractivity contribution in [2.24, 2.45) is 0 Å². The highest BCUT2D eigenvalue weighted by Crippen LogP contribution is 2.30. The Bertz CT molecular complexity index is 1170. The van der Waals surface area contributed by atoms with Gasteiger partial charge in [-0.25, -0.2) is 8.42 Å².